The van der Waals surface area contributed by atoms with Crippen molar-refractivity contribution in [2.24, 2.45) is 5.92 Å². The summed E-state index contributed by atoms with van der Waals surface area (Å²) in [7, 11) is 0. The highest BCUT2D eigenvalue weighted by molar-refractivity contribution is 6.65. The van der Waals surface area contributed by atoms with Gasteiger partial charge >= 0.3 is 0 Å². The molecular weight excluding hydrogens is 495 g/mol. The molecule has 8 heteroatoms. The molecule has 3 rings (SSSR count). The van der Waals surface area contributed by atoms with Crippen molar-refractivity contribution in [1.29, 1.82) is 0 Å². The maximum atomic E-state index is 12.2. The maximum absolute atomic E-state index is 12.2. The van der Waals surface area contributed by atoms with Gasteiger partial charge in [-0.25, -0.2) is 0 Å². The first-order valence-corrected chi connectivity index (χ1v) is 13.0. The zero-order valence-corrected chi connectivity index (χ0v) is 21.1. The number of rotatable bonds is 9. The summed E-state index contributed by atoms with van der Waals surface area (Å²) in [5.41, 5.74) is 0. The number of amides is 1. The Labute approximate surface area is 204 Å². The number of hydrogen-bond acceptors (Lipinski definition) is 1. The fraction of sp³-hybridized carbons (Fsp3) is 0.857. The summed E-state index contributed by atoms with van der Waals surface area (Å²) in [6.07, 6.45) is 12.2. The van der Waals surface area contributed by atoms with Crippen molar-refractivity contribution in [2.75, 3.05) is 13.1 Å². The fourth-order valence-corrected chi connectivity index (χ4v) is 7.88. The lowest BCUT2D eigenvalue weighted by atomic mass is 9.87. The Balaban J connectivity index is 1.31. The summed E-state index contributed by atoms with van der Waals surface area (Å²) in [5.74, 6) is 0.339. The predicted molar refractivity (Wildman–Crippen MR) is 126 cm³/mol. The number of halogens is 6. The van der Waals surface area contributed by atoms with Crippen LogP contribution in [-0.4, -0.2) is 38.0 Å². The molecule has 0 radical (unpaired) electrons. The highest BCUT2D eigenvalue weighted by Gasteiger charge is 2.77. The van der Waals surface area contributed by atoms with Gasteiger partial charge in [0.2, 0.25) is 5.91 Å². The van der Waals surface area contributed by atoms with E-state index >= 15 is 0 Å². The summed E-state index contributed by atoms with van der Waals surface area (Å²) in [4.78, 5) is 12.0. The number of carbonyl (C=O) groups excluding carboxylic acids is 1. The Morgan fingerprint density at radius 1 is 0.862 bits per heavy atom. The Morgan fingerprint density at radius 3 is 2.03 bits per heavy atom. The molecule has 1 aliphatic heterocycles. The molecule has 2 fully saturated rings. The van der Waals surface area contributed by atoms with E-state index in [1.54, 1.807) is 0 Å². The van der Waals surface area contributed by atoms with E-state index in [2.05, 4.69) is 0 Å². The number of fused-ring (bicyclic) bond motifs is 2. The molecule has 3 atom stereocenters. The lowest BCUT2D eigenvalue weighted by molar-refractivity contribution is -0.132. The van der Waals surface area contributed by atoms with Crippen LogP contribution in [0.5, 0.6) is 0 Å². The van der Waals surface area contributed by atoms with Gasteiger partial charge < -0.3 is 4.90 Å². The number of piperidine rings is 1. The van der Waals surface area contributed by atoms with Crippen LogP contribution in [-0.2, 0) is 4.79 Å². The summed E-state index contributed by atoms with van der Waals surface area (Å²) >= 11 is 39.2. The lowest BCUT2D eigenvalue weighted by Gasteiger charge is -2.33. The van der Waals surface area contributed by atoms with Gasteiger partial charge in [-0.3, -0.25) is 4.79 Å². The topological polar surface area (TPSA) is 20.3 Å². The third kappa shape index (κ3) is 4.42. The number of allylic oxidation sites excluding steroid dienone is 2. The van der Waals surface area contributed by atoms with Crippen LogP contribution in [0.15, 0.2) is 10.1 Å². The van der Waals surface area contributed by atoms with Gasteiger partial charge in [0.25, 0.3) is 0 Å². The van der Waals surface area contributed by atoms with Crippen molar-refractivity contribution in [3.8, 4) is 0 Å². The molecule has 2 nitrogen and oxygen atoms in total. The standard InChI is InChI=1S/C21H29Cl6NO/c22-17-18(23)20(25)15(14-19(17,24)21(20,26)27)10-6-3-1-2-4-7-11-16(29)28-12-8-5-9-13-28/h15H,1-14H2/t15-,19+,20+/m1/s1. The van der Waals surface area contributed by atoms with Gasteiger partial charge in [0.1, 0.15) is 9.75 Å². The number of nitrogens with zero attached hydrogens (tertiary/aromatic N) is 1. The third-order valence-electron chi connectivity index (χ3n) is 6.81. The summed E-state index contributed by atoms with van der Waals surface area (Å²) in [6, 6.07) is 0. The second kappa shape index (κ2) is 9.84. The molecule has 3 aliphatic rings. The molecular formula is C21H29Cl6NO. The Kier molecular flexibility index (Phi) is 8.34. The molecule has 1 amide bonds. The molecule has 2 bridgehead atoms. The zero-order valence-electron chi connectivity index (χ0n) is 16.6. The fourth-order valence-electron chi connectivity index (χ4n) is 5.01. The quantitative estimate of drug-likeness (QED) is 0.221. The van der Waals surface area contributed by atoms with E-state index in [-0.39, 0.29) is 11.0 Å². The van der Waals surface area contributed by atoms with Crippen LogP contribution in [0.3, 0.4) is 0 Å². The van der Waals surface area contributed by atoms with Crippen LogP contribution in [0, 0.1) is 5.92 Å². The van der Waals surface area contributed by atoms with E-state index in [0.717, 1.165) is 70.9 Å². The van der Waals surface area contributed by atoms with Gasteiger partial charge in [0.15, 0.2) is 4.33 Å². The van der Waals surface area contributed by atoms with E-state index in [9.17, 15) is 4.79 Å². The summed E-state index contributed by atoms with van der Waals surface area (Å²) in [5, 5.41) is 0.589. The van der Waals surface area contributed by atoms with Crippen LogP contribution in [0.2, 0.25) is 0 Å². The van der Waals surface area contributed by atoms with E-state index in [0.29, 0.717) is 23.8 Å². The first-order chi connectivity index (χ1) is 13.7. The molecule has 0 aromatic carbocycles. The second-order valence-corrected chi connectivity index (χ2v) is 12.0. The highest BCUT2D eigenvalue weighted by Crippen LogP contribution is 2.74. The average Bonchev–Trinajstić information content (AvgIpc) is 2.92. The molecule has 1 saturated carbocycles. The molecule has 2 aliphatic carbocycles. The number of hydrogen-bond donors (Lipinski definition) is 0. The van der Waals surface area contributed by atoms with E-state index < -0.39 is 14.1 Å². The van der Waals surface area contributed by atoms with Crippen LogP contribution in [0.4, 0.5) is 0 Å². The highest BCUT2D eigenvalue weighted by atomic mass is 35.5. The summed E-state index contributed by atoms with van der Waals surface area (Å²) in [6.45, 7) is 1.89. The van der Waals surface area contributed by atoms with Gasteiger partial charge in [-0.2, -0.15) is 0 Å². The predicted octanol–water partition coefficient (Wildman–Crippen LogP) is 7.97. The maximum Gasteiger partial charge on any atom is 0.222 e. The first kappa shape index (κ1) is 24.6. The minimum Gasteiger partial charge on any atom is -0.343 e. The van der Waals surface area contributed by atoms with Crippen molar-refractivity contribution in [1.82, 2.24) is 4.90 Å². The Morgan fingerprint density at radius 2 is 1.45 bits per heavy atom. The van der Waals surface area contributed by atoms with Gasteiger partial charge in [-0.15, -0.1) is 23.2 Å². The molecule has 0 aromatic heterocycles. The molecule has 1 saturated heterocycles. The normalized spacial score (nSPS) is 33.6. The van der Waals surface area contributed by atoms with Crippen molar-refractivity contribution < 1.29 is 4.79 Å². The summed E-state index contributed by atoms with van der Waals surface area (Å²) < 4.78 is -1.40. The van der Waals surface area contributed by atoms with Gasteiger partial charge in [0, 0.05) is 19.5 Å². The number of likely N-dealkylation sites (tertiary alicyclic amines) is 1. The molecule has 0 unspecified atom stereocenters. The second-order valence-electron chi connectivity index (χ2n) is 8.72. The van der Waals surface area contributed by atoms with Crippen LogP contribution in [0.25, 0.3) is 0 Å². The number of carbonyl (C=O) groups is 1. The van der Waals surface area contributed by atoms with Crippen molar-refractivity contribution >= 4 is 75.5 Å². The van der Waals surface area contributed by atoms with Crippen LogP contribution in [0.1, 0.15) is 77.0 Å². The van der Waals surface area contributed by atoms with E-state index in [1.165, 1.54) is 6.42 Å². The van der Waals surface area contributed by atoms with Gasteiger partial charge in [0.05, 0.1) is 10.1 Å². The van der Waals surface area contributed by atoms with Crippen molar-refractivity contribution in [3.05, 3.63) is 10.1 Å². The minimum atomic E-state index is -1.40. The van der Waals surface area contributed by atoms with Crippen molar-refractivity contribution in [3.63, 3.8) is 0 Å². The average molecular weight is 524 g/mol. The molecule has 1 heterocycles. The molecule has 0 spiro atoms. The minimum absolute atomic E-state index is 0.00818. The zero-order chi connectivity index (χ0) is 21.3. The largest absolute Gasteiger partial charge is 0.343 e. The Hall–Kier alpha value is 0.950. The van der Waals surface area contributed by atoms with E-state index in [1.807, 2.05) is 4.90 Å². The van der Waals surface area contributed by atoms with E-state index in [4.69, 9.17) is 69.6 Å². The lowest BCUT2D eigenvalue weighted by Crippen LogP contribution is -2.44. The molecule has 0 aromatic rings. The Bertz CT molecular complexity index is 647. The molecule has 29 heavy (non-hydrogen) atoms. The smallest absolute Gasteiger partial charge is 0.222 e. The number of alkyl halides is 4. The van der Waals surface area contributed by atoms with Crippen molar-refractivity contribution in [2.45, 2.75) is 91.1 Å². The van der Waals surface area contributed by atoms with Gasteiger partial charge in [-0.1, -0.05) is 78.5 Å². The van der Waals surface area contributed by atoms with Crippen LogP contribution < -0.4 is 0 Å². The molecule has 166 valence electrons. The SMILES string of the molecule is O=C(CCCCCCCC[C@@H]1C[C@]2(Cl)C(Cl)=C(Cl)[C@]1(Cl)C2(Cl)Cl)N1CCCCC1. The first-order valence-electron chi connectivity index (χ1n) is 10.8. The van der Waals surface area contributed by atoms with Gasteiger partial charge in [-0.05, 0) is 44.4 Å². The van der Waals surface area contributed by atoms with Crippen LogP contribution >= 0.6 is 69.6 Å². The monoisotopic (exact) mass is 521 g/mol. The third-order valence-corrected chi connectivity index (χ3v) is 11.1. The molecule has 0 N–H and O–H groups in total. The number of unbranched alkanes of at least 4 members (excludes halogenated alkanes) is 5.